The quantitative estimate of drug-likeness (QED) is 0.738. The Kier molecular flexibility index (Phi) is 4.60. The van der Waals surface area contributed by atoms with Crippen molar-refractivity contribution >= 4 is 11.7 Å². The molecule has 2 aliphatic rings. The molecule has 2 aliphatic heterocycles. The molecular formula is C21H26N2O2. The zero-order valence-electron chi connectivity index (χ0n) is 15.5. The van der Waals surface area contributed by atoms with Gasteiger partial charge in [0.25, 0.3) is 0 Å². The number of nitriles is 1. The van der Waals surface area contributed by atoms with Gasteiger partial charge in [-0.3, -0.25) is 4.90 Å². The minimum absolute atomic E-state index is 0.0872. The van der Waals surface area contributed by atoms with Crippen LogP contribution in [0.3, 0.4) is 0 Å². The van der Waals surface area contributed by atoms with Crippen molar-refractivity contribution in [2.24, 2.45) is 0 Å². The molecule has 0 N–H and O–H groups in total. The molecule has 0 aromatic heterocycles. The Morgan fingerprint density at radius 3 is 2.72 bits per heavy atom. The lowest BCUT2D eigenvalue weighted by Crippen LogP contribution is -2.53. The van der Waals surface area contributed by atoms with E-state index in [0.29, 0.717) is 0 Å². The van der Waals surface area contributed by atoms with Gasteiger partial charge in [0.05, 0.1) is 17.7 Å². The van der Waals surface area contributed by atoms with Crippen molar-refractivity contribution in [3.05, 3.63) is 41.0 Å². The van der Waals surface area contributed by atoms with Gasteiger partial charge in [-0.05, 0) is 76.1 Å². The van der Waals surface area contributed by atoms with Crippen LogP contribution in [0.15, 0.2) is 24.3 Å². The Balaban J connectivity index is 1.89. The molecule has 1 aromatic carbocycles. The highest BCUT2D eigenvalue weighted by Gasteiger charge is 2.39. The summed E-state index contributed by atoms with van der Waals surface area (Å²) in [5, 5.41) is 9.29. The standard InChI is InChI=1S/C21H26N2O2/c1-14-8-9-15(10-17(14)13-22)16-11-18-6-5-7-19(12-16)23(18)20(24)25-21(2,3)4/h8-11,18-19H,5-7,12H2,1-4H3. The SMILES string of the molecule is Cc1ccc(C2=CC3CCCC(C2)N3C(=O)OC(C)(C)C)cc1C#N. The van der Waals surface area contributed by atoms with Crippen molar-refractivity contribution in [2.75, 3.05) is 0 Å². The molecule has 4 nitrogen and oxygen atoms in total. The number of aryl methyl sites for hydroxylation is 1. The lowest BCUT2D eigenvalue weighted by Gasteiger charge is -2.45. The van der Waals surface area contributed by atoms with E-state index in [9.17, 15) is 10.1 Å². The molecule has 2 bridgehead atoms. The Labute approximate surface area is 150 Å². The van der Waals surface area contributed by atoms with Gasteiger partial charge < -0.3 is 4.74 Å². The monoisotopic (exact) mass is 338 g/mol. The third-order valence-electron chi connectivity index (χ3n) is 4.97. The minimum Gasteiger partial charge on any atom is -0.444 e. The fourth-order valence-corrected chi connectivity index (χ4v) is 3.79. The molecule has 1 aromatic rings. The van der Waals surface area contributed by atoms with Gasteiger partial charge in [-0.15, -0.1) is 0 Å². The summed E-state index contributed by atoms with van der Waals surface area (Å²) in [5.74, 6) is 0. The zero-order valence-corrected chi connectivity index (χ0v) is 15.5. The summed E-state index contributed by atoms with van der Waals surface area (Å²) >= 11 is 0. The predicted molar refractivity (Wildman–Crippen MR) is 98.0 cm³/mol. The van der Waals surface area contributed by atoms with Gasteiger partial charge in [-0.2, -0.15) is 5.26 Å². The fourth-order valence-electron chi connectivity index (χ4n) is 3.79. The number of hydrogen-bond donors (Lipinski definition) is 0. The molecule has 2 heterocycles. The number of piperidine rings is 1. The van der Waals surface area contributed by atoms with E-state index in [1.165, 1.54) is 5.57 Å². The number of nitrogens with zero attached hydrogens (tertiary/aromatic N) is 2. The Hall–Kier alpha value is -2.28. The molecule has 0 spiro atoms. The van der Waals surface area contributed by atoms with Crippen LogP contribution in [0.2, 0.25) is 0 Å². The van der Waals surface area contributed by atoms with Crippen LogP contribution in [0, 0.1) is 18.3 Å². The van der Waals surface area contributed by atoms with E-state index in [1.54, 1.807) is 0 Å². The minimum atomic E-state index is -0.478. The lowest BCUT2D eigenvalue weighted by atomic mass is 9.82. The summed E-state index contributed by atoms with van der Waals surface area (Å²) in [7, 11) is 0. The van der Waals surface area contributed by atoms with E-state index in [1.807, 2.05) is 44.7 Å². The van der Waals surface area contributed by atoms with Crippen LogP contribution in [-0.4, -0.2) is 28.7 Å². The molecule has 25 heavy (non-hydrogen) atoms. The van der Waals surface area contributed by atoms with Gasteiger partial charge in [0, 0.05) is 6.04 Å². The summed E-state index contributed by atoms with van der Waals surface area (Å²) in [6.07, 6.45) is 5.92. The number of amides is 1. The van der Waals surface area contributed by atoms with E-state index in [0.717, 1.165) is 42.4 Å². The molecule has 132 valence electrons. The molecule has 0 radical (unpaired) electrons. The van der Waals surface area contributed by atoms with Crippen LogP contribution < -0.4 is 0 Å². The highest BCUT2D eigenvalue weighted by molar-refractivity contribution is 5.75. The second-order valence-electron chi connectivity index (χ2n) is 8.08. The highest BCUT2D eigenvalue weighted by Crippen LogP contribution is 2.38. The van der Waals surface area contributed by atoms with Crippen molar-refractivity contribution in [1.82, 2.24) is 4.90 Å². The maximum Gasteiger partial charge on any atom is 0.411 e. The van der Waals surface area contributed by atoms with Crippen LogP contribution in [0.4, 0.5) is 4.79 Å². The van der Waals surface area contributed by atoms with Gasteiger partial charge in [0.2, 0.25) is 0 Å². The molecule has 2 unspecified atom stereocenters. The van der Waals surface area contributed by atoms with Crippen molar-refractivity contribution in [3.8, 4) is 6.07 Å². The maximum absolute atomic E-state index is 12.6. The van der Waals surface area contributed by atoms with Crippen LogP contribution in [0.1, 0.15) is 63.1 Å². The number of carbonyl (C=O) groups is 1. The first-order chi connectivity index (χ1) is 11.8. The molecule has 0 aliphatic carbocycles. The summed E-state index contributed by atoms with van der Waals surface area (Å²) < 4.78 is 5.62. The number of rotatable bonds is 1. The van der Waals surface area contributed by atoms with E-state index < -0.39 is 5.60 Å². The van der Waals surface area contributed by atoms with E-state index >= 15 is 0 Å². The Bertz CT molecular complexity index is 752. The summed E-state index contributed by atoms with van der Waals surface area (Å²) in [4.78, 5) is 14.6. The van der Waals surface area contributed by atoms with Gasteiger partial charge in [0.1, 0.15) is 5.60 Å². The largest absolute Gasteiger partial charge is 0.444 e. The van der Waals surface area contributed by atoms with E-state index in [2.05, 4.69) is 18.2 Å². The molecular weight excluding hydrogens is 312 g/mol. The van der Waals surface area contributed by atoms with Crippen molar-refractivity contribution in [2.45, 2.75) is 71.1 Å². The second-order valence-corrected chi connectivity index (χ2v) is 8.08. The van der Waals surface area contributed by atoms with Crippen LogP contribution >= 0.6 is 0 Å². The molecule has 1 saturated heterocycles. The first-order valence-corrected chi connectivity index (χ1v) is 9.01. The number of carbonyl (C=O) groups excluding carboxylic acids is 1. The summed E-state index contributed by atoms with van der Waals surface area (Å²) in [6, 6.07) is 8.60. The van der Waals surface area contributed by atoms with Crippen LogP contribution in [-0.2, 0) is 4.74 Å². The zero-order chi connectivity index (χ0) is 18.2. The van der Waals surface area contributed by atoms with Gasteiger partial charge >= 0.3 is 6.09 Å². The van der Waals surface area contributed by atoms with Gasteiger partial charge in [-0.1, -0.05) is 18.2 Å². The third-order valence-corrected chi connectivity index (χ3v) is 4.97. The van der Waals surface area contributed by atoms with Gasteiger partial charge in [-0.25, -0.2) is 4.79 Å². The number of benzene rings is 1. The number of ether oxygens (including phenoxy) is 1. The van der Waals surface area contributed by atoms with Crippen molar-refractivity contribution in [1.29, 1.82) is 5.26 Å². The van der Waals surface area contributed by atoms with E-state index in [4.69, 9.17) is 4.74 Å². The van der Waals surface area contributed by atoms with Crippen LogP contribution in [0.5, 0.6) is 0 Å². The molecule has 2 atom stereocenters. The highest BCUT2D eigenvalue weighted by atomic mass is 16.6. The van der Waals surface area contributed by atoms with Crippen molar-refractivity contribution < 1.29 is 9.53 Å². The van der Waals surface area contributed by atoms with Crippen molar-refractivity contribution in [3.63, 3.8) is 0 Å². The second kappa shape index (κ2) is 6.55. The van der Waals surface area contributed by atoms with E-state index in [-0.39, 0.29) is 18.2 Å². The number of hydrogen-bond acceptors (Lipinski definition) is 3. The first-order valence-electron chi connectivity index (χ1n) is 9.01. The Morgan fingerprint density at radius 1 is 1.32 bits per heavy atom. The summed E-state index contributed by atoms with van der Waals surface area (Å²) in [6.45, 7) is 7.67. The van der Waals surface area contributed by atoms with Crippen LogP contribution in [0.25, 0.3) is 5.57 Å². The summed E-state index contributed by atoms with van der Waals surface area (Å²) in [5.41, 5.74) is 3.58. The normalized spacial score (nSPS) is 22.8. The maximum atomic E-state index is 12.6. The first kappa shape index (κ1) is 17.5. The smallest absolute Gasteiger partial charge is 0.411 e. The third kappa shape index (κ3) is 3.71. The molecule has 0 saturated carbocycles. The molecule has 3 rings (SSSR count). The molecule has 1 amide bonds. The average Bonchev–Trinajstić information content (AvgIpc) is 2.52. The molecule has 4 heteroatoms. The topological polar surface area (TPSA) is 53.3 Å². The predicted octanol–water partition coefficient (Wildman–Crippen LogP) is 4.81. The van der Waals surface area contributed by atoms with Gasteiger partial charge in [0.15, 0.2) is 0 Å². The lowest BCUT2D eigenvalue weighted by molar-refractivity contribution is 0.0000855. The average molecular weight is 338 g/mol. The molecule has 1 fully saturated rings. The fraction of sp³-hybridized carbons (Fsp3) is 0.524. The Morgan fingerprint density at radius 2 is 2.08 bits per heavy atom. The number of fused-ring (bicyclic) bond motifs is 2.